The third kappa shape index (κ3) is 2.03. The van der Waals surface area contributed by atoms with Crippen LogP contribution in [0.3, 0.4) is 0 Å². The maximum absolute atomic E-state index is 14.1. The second-order valence-corrected chi connectivity index (χ2v) is 5.47. The fourth-order valence-electron chi connectivity index (χ4n) is 2.31. The van der Waals surface area contributed by atoms with Crippen LogP contribution in [0.4, 0.5) is 4.39 Å². The minimum atomic E-state index is -0.295. The molecule has 0 radical (unpaired) electrons. The Morgan fingerprint density at radius 2 is 2.10 bits per heavy atom. The molecular weight excluding hydrogens is 321 g/mol. The molecule has 2 N–H and O–H groups in total. The third-order valence-corrected chi connectivity index (χ3v) is 4.03. The van der Waals surface area contributed by atoms with Gasteiger partial charge >= 0.3 is 0 Å². The molecule has 5 heteroatoms. The lowest BCUT2D eigenvalue weighted by Gasteiger charge is -2.06. The van der Waals surface area contributed by atoms with Crippen LogP contribution < -0.4 is 5.73 Å². The molecule has 0 atom stereocenters. The molecule has 102 valence electrons. The molecule has 0 aliphatic rings. The van der Waals surface area contributed by atoms with Crippen molar-refractivity contribution in [1.29, 1.82) is 0 Å². The summed E-state index contributed by atoms with van der Waals surface area (Å²) in [7, 11) is 1.88. The highest BCUT2D eigenvalue weighted by atomic mass is 79.9. The number of aromatic nitrogens is 2. The highest BCUT2D eigenvalue weighted by Crippen LogP contribution is 2.32. The molecule has 2 aromatic carbocycles. The molecule has 20 heavy (non-hydrogen) atoms. The first-order valence-corrected chi connectivity index (χ1v) is 7.01. The van der Waals surface area contributed by atoms with Crippen LogP contribution in [0.1, 0.15) is 5.56 Å². The Balaban J connectivity index is 2.29. The van der Waals surface area contributed by atoms with E-state index in [0.717, 1.165) is 16.6 Å². The Labute approximate surface area is 124 Å². The number of nitrogens with two attached hydrogens (primary N) is 1. The number of hydrogen-bond acceptors (Lipinski definition) is 2. The van der Waals surface area contributed by atoms with Crippen LogP contribution in [-0.4, -0.2) is 9.55 Å². The van der Waals surface area contributed by atoms with Gasteiger partial charge in [0.2, 0.25) is 0 Å². The topological polar surface area (TPSA) is 43.8 Å². The van der Waals surface area contributed by atoms with Crippen molar-refractivity contribution in [1.82, 2.24) is 9.55 Å². The monoisotopic (exact) mass is 333 g/mol. The van der Waals surface area contributed by atoms with Gasteiger partial charge in [-0.25, -0.2) is 9.37 Å². The maximum Gasteiger partial charge on any atom is 0.144 e. The van der Waals surface area contributed by atoms with Crippen molar-refractivity contribution >= 4 is 27.0 Å². The van der Waals surface area contributed by atoms with Crippen molar-refractivity contribution in [2.75, 3.05) is 0 Å². The number of benzene rings is 2. The molecular formula is C15H13BrFN3. The molecule has 0 fully saturated rings. The molecule has 3 aromatic rings. The fourth-order valence-corrected chi connectivity index (χ4v) is 2.83. The number of fused-ring (bicyclic) bond motifs is 1. The molecule has 0 saturated heterocycles. The highest BCUT2D eigenvalue weighted by Gasteiger charge is 2.16. The van der Waals surface area contributed by atoms with Crippen LogP contribution in [0.15, 0.2) is 40.9 Å². The molecule has 1 heterocycles. The number of nitrogens with zero attached hydrogens (tertiary/aromatic N) is 2. The summed E-state index contributed by atoms with van der Waals surface area (Å²) in [5.41, 5.74) is 8.90. The van der Waals surface area contributed by atoms with Gasteiger partial charge in [-0.1, -0.05) is 12.1 Å². The first-order valence-electron chi connectivity index (χ1n) is 6.21. The minimum Gasteiger partial charge on any atom is -0.327 e. The molecule has 0 saturated carbocycles. The summed E-state index contributed by atoms with van der Waals surface area (Å²) in [6.45, 7) is 0.464. The van der Waals surface area contributed by atoms with E-state index in [1.807, 2.05) is 35.9 Å². The van der Waals surface area contributed by atoms with E-state index >= 15 is 0 Å². The van der Waals surface area contributed by atoms with E-state index in [-0.39, 0.29) is 5.82 Å². The predicted octanol–water partition coefficient (Wildman–Crippen LogP) is 3.60. The van der Waals surface area contributed by atoms with Crippen LogP contribution in [0.25, 0.3) is 22.4 Å². The lowest BCUT2D eigenvalue weighted by Crippen LogP contribution is -1.96. The van der Waals surface area contributed by atoms with Crippen molar-refractivity contribution in [3.05, 3.63) is 52.3 Å². The van der Waals surface area contributed by atoms with Gasteiger partial charge in [0.1, 0.15) is 11.6 Å². The number of aryl methyl sites for hydroxylation is 1. The lowest BCUT2D eigenvalue weighted by atomic mass is 10.2. The van der Waals surface area contributed by atoms with E-state index in [9.17, 15) is 4.39 Å². The molecule has 0 bridgehead atoms. The van der Waals surface area contributed by atoms with E-state index in [4.69, 9.17) is 5.73 Å². The largest absolute Gasteiger partial charge is 0.327 e. The van der Waals surface area contributed by atoms with Crippen molar-refractivity contribution in [3.63, 3.8) is 0 Å². The first-order chi connectivity index (χ1) is 9.61. The maximum atomic E-state index is 14.1. The summed E-state index contributed by atoms with van der Waals surface area (Å²) in [5, 5.41) is 0. The molecule has 0 amide bonds. The summed E-state index contributed by atoms with van der Waals surface area (Å²) < 4.78 is 16.7. The fraction of sp³-hybridized carbons (Fsp3) is 0.133. The minimum absolute atomic E-state index is 0.295. The van der Waals surface area contributed by atoms with Gasteiger partial charge in [-0.3, -0.25) is 0 Å². The second-order valence-electron chi connectivity index (χ2n) is 4.62. The molecule has 0 aliphatic heterocycles. The zero-order valence-corrected chi connectivity index (χ0v) is 12.5. The molecule has 3 nitrogen and oxygen atoms in total. The highest BCUT2D eigenvalue weighted by molar-refractivity contribution is 9.10. The smallest absolute Gasteiger partial charge is 0.144 e. The molecule has 3 rings (SSSR count). The Bertz CT molecular complexity index is 775. The standard InChI is InChI=1S/C15H13BrFN3/c1-20-13-6-5-9(8-18)7-12(13)19-15(20)14-10(16)3-2-4-11(14)17/h2-7H,8,18H2,1H3. The van der Waals surface area contributed by atoms with Crippen molar-refractivity contribution < 1.29 is 4.39 Å². The number of halogens is 2. The van der Waals surface area contributed by atoms with Crippen molar-refractivity contribution in [2.45, 2.75) is 6.54 Å². The van der Waals surface area contributed by atoms with Crippen molar-refractivity contribution in [3.8, 4) is 11.4 Å². The Morgan fingerprint density at radius 3 is 2.80 bits per heavy atom. The average molecular weight is 334 g/mol. The SMILES string of the molecule is Cn1c(-c2c(F)cccc2Br)nc2cc(CN)ccc21. The Hall–Kier alpha value is -1.72. The second kappa shape index (κ2) is 5.00. The van der Waals surface area contributed by atoms with Crippen LogP contribution >= 0.6 is 15.9 Å². The van der Waals surface area contributed by atoms with Gasteiger partial charge in [-0.2, -0.15) is 0 Å². The molecule has 1 aromatic heterocycles. The van der Waals surface area contributed by atoms with E-state index in [1.165, 1.54) is 6.07 Å². The molecule has 0 unspecified atom stereocenters. The van der Waals surface area contributed by atoms with E-state index < -0.39 is 0 Å². The van der Waals surface area contributed by atoms with Gasteiger partial charge in [0.05, 0.1) is 16.6 Å². The van der Waals surface area contributed by atoms with Crippen LogP contribution in [0.2, 0.25) is 0 Å². The Morgan fingerprint density at radius 1 is 1.30 bits per heavy atom. The van der Waals surface area contributed by atoms with Crippen molar-refractivity contribution in [2.24, 2.45) is 12.8 Å². The normalized spacial score (nSPS) is 11.2. The zero-order valence-electron chi connectivity index (χ0n) is 10.9. The summed E-state index contributed by atoms with van der Waals surface area (Å²) in [6.07, 6.45) is 0. The Kier molecular flexibility index (Phi) is 3.31. The van der Waals surface area contributed by atoms with E-state index in [1.54, 1.807) is 6.07 Å². The zero-order chi connectivity index (χ0) is 14.3. The number of rotatable bonds is 2. The summed E-state index contributed by atoms with van der Waals surface area (Å²) in [5.74, 6) is 0.302. The summed E-state index contributed by atoms with van der Waals surface area (Å²) in [6, 6.07) is 10.8. The molecule has 0 aliphatic carbocycles. The number of hydrogen-bond donors (Lipinski definition) is 1. The first kappa shape index (κ1) is 13.3. The van der Waals surface area contributed by atoms with E-state index in [2.05, 4.69) is 20.9 Å². The quantitative estimate of drug-likeness (QED) is 0.778. The van der Waals surface area contributed by atoms with Gasteiger partial charge < -0.3 is 10.3 Å². The summed E-state index contributed by atoms with van der Waals surface area (Å²) in [4.78, 5) is 4.55. The molecule has 0 spiro atoms. The van der Waals surface area contributed by atoms with Gasteiger partial charge in [0, 0.05) is 18.1 Å². The van der Waals surface area contributed by atoms with Crippen LogP contribution in [0, 0.1) is 5.82 Å². The van der Waals surface area contributed by atoms with Gasteiger partial charge in [-0.05, 0) is 45.8 Å². The van der Waals surface area contributed by atoms with Gasteiger partial charge in [-0.15, -0.1) is 0 Å². The lowest BCUT2D eigenvalue weighted by molar-refractivity contribution is 0.628. The van der Waals surface area contributed by atoms with Crippen LogP contribution in [0.5, 0.6) is 0 Å². The van der Waals surface area contributed by atoms with E-state index in [0.29, 0.717) is 22.4 Å². The number of imidazole rings is 1. The van der Waals surface area contributed by atoms with Crippen LogP contribution in [-0.2, 0) is 13.6 Å². The van der Waals surface area contributed by atoms with Gasteiger partial charge in [0.25, 0.3) is 0 Å². The third-order valence-electron chi connectivity index (χ3n) is 3.37. The predicted molar refractivity (Wildman–Crippen MR) is 81.7 cm³/mol. The summed E-state index contributed by atoms with van der Waals surface area (Å²) >= 11 is 3.39. The average Bonchev–Trinajstić information content (AvgIpc) is 2.75. The van der Waals surface area contributed by atoms with Gasteiger partial charge in [0.15, 0.2) is 0 Å².